The first-order chi connectivity index (χ1) is 19.8. The van der Waals surface area contributed by atoms with E-state index in [1.165, 1.54) is 74.7 Å². The summed E-state index contributed by atoms with van der Waals surface area (Å²) in [6.45, 7) is 0. The van der Waals surface area contributed by atoms with Gasteiger partial charge >= 0.3 is 0 Å². The molecule has 2 heteroatoms. The Hall–Kier alpha value is -4.92. The summed E-state index contributed by atoms with van der Waals surface area (Å²) in [7, 11) is 0. The van der Waals surface area contributed by atoms with Crippen LogP contribution in [-0.2, 0) is 0 Å². The smallest absolute Gasteiger partial charge is 0.154 e. The van der Waals surface area contributed by atoms with Crippen LogP contribution in [0.3, 0.4) is 0 Å². The van der Waals surface area contributed by atoms with Crippen LogP contribution >= 0.6 is 11.3 Å². The lowest BCUT2D eigenvalue weighted by Gasteiger charge is -2.18. The van der Waals surface area contributed by atoms with E-state index >= 15 is 0 Å². The largest absolute Gasteiger partial charge is 0.454 e. The highest BCUT2D eigenvalue weighted by Gasteiger charge is 2.19. The Balaban J connectivity index is 1.38. The van der Waals surface area contributed by atoms with Crippen LogP contribution < -0.4 is 0 Å². The van der Waals surface area contributed by atoms with E-state index in [4.69, 9.17) is 4.42 Å². The van der Waals surface area contributed by atoms with Gasteiger partial charge in [-0.05, 0) is 78.8 Å². The Bertz CT molecular complexity index is 2380. The molecule has 0 atom stereocenters. The van der Waals surface area contributed by atoms with Crippen LogP contribution in [0.5, 0.6) is 0 Å². The highest BCUT2D eigenvalue weighted by molar-refractivity contribution is 7.26. The minimum atomic E-state index is 0.954. The summed E-state index contributed by atoms with van der Waals surface area (Å²) in [4.78, 5) is 0. The van der Waals surface area contributed by atoms with Crippen molar-refractivity contribution in [2.45, 2.75) is 0 Å². The molecule has 186 valence electrons. The minimum Gasteiger partial charge on any atom is -0.454 e. The Morgan fingerprint density at radius 3 is 1.80 bits per heavy atom. The second-order valence-electron chi connectivity index (χ2n) is 10.4. The lowest BCUT2D eigenvalue weighted by molar-refractivity contribution is 0.673. The number of para-hydroxylation sites is 1. The van der Waals surface area contributed by atoms with E-state index in [2.05, 4.69) is 127 Å². The molecule has 9 rings (SSSR count). The Kier molecular flexibility index (Phi) is 4.55. The quantitative estimate of drug-likeness (QED) is 0.204. The van der Waals surface area contributed by atoms with Gasteiger partial charge in [0.15, 0.2) is 5.58 Å². The van der Waals surface area contributed by atoms with E-state index in [-0.39, 0.29) is 0 Å². The maximum absolute atomic E-state index is 6.30. The molecule has 2 aromatic heterocycles. The SMILES string of the molecule is c1ccc2c(-c3c4ccccc4c(-c4ccc5c(c4)sc4c6ccccc6oc54)c4ccccc34)cccc2c1. The minimum absolute atomic E-state index is 0.954. The molecule has 0 aliphatic heterocycles. The Morgan fingerprint density at radius 1 is 0.450 bits per heavy atom. The first-order valence-electron chi connectivity index (χ1n) is 13.6. The Labute approximate surface area is 234 Å². The molecule has 0 radical (unpaired) electrons. The standard InChI is InChI=1S/C38H22OS/c1-2-12-25-23(10-1)11-9-18-26(25)36-29-15-5-3-13-27(29)35(28-14-4-6-16-30(28)36)24-20-21-32-34(22-24)40-38-31-17-7-8-19-33(31)39-37(32)38/h1-22H. The number of thiophene rings is 1. The van der Waals surface area contributed by atoms with Gasteiger partial charge in [0.25, 0.3) is 0 Å². The van der Waals surface area contributed by atoms with Gasteiger partial charge in [0.2, 0.25) is 0 Å². The van der Waals surface area contributed by atoms with Gasteiger partial charge in [0.1, 0.15) is 5.58 Å². The molecule has 1 nitrogen and oxygen atoms in total. The molecule has 0 spiro atoms. The molecular weight excluding hydrogens is 504 g/mol. The summed E-state index contributed by atoms with van der Waals surface area (Å²) in [6.07, 6.45) is 0. The second-order valence-corrected chi connectivity index (χ2v) is 11.5. The van der Waals surface area contributed by atoms with Gasteiger partial charge in [-0.3, -0.25) is 0 Å². The van der Waals surface area contributed by atoms with Crippen molar-refractivity contribution in [3.05, 3.63) is 133 Å². The number of rotatable bonds is 2. The Morgan fingerprint density at radius 2 is 1.05 bits per heavy atom. The topological polar surface area (TPSA) is 13.1 Å². The number of furan rings is 1. The zero-order valence-electron chi connectivity index (χ0n) is 21.5. The van der Waals surface area contributed by atoms with Gasteiger partial charge < -0.3 is 4.42 Å². The van der Waals surface area contributed by atoms with Crippen LogP contribution in [0.15, 0.2) is 138 Å². The van der Waals surface area contributed by atoms with Gasteiger partial charge in [0.05, 0.1) is 4.70 Å². The fraction of sp³-hybridized carbons (Fsp3) is 0. The van der Waals surface area contributed by atoms with Crippen molar-refractivity contribution >= 4 is 75.0 Å². The molecule has 0 saturated carbocycles. The molecule has 0 unspecified atom stereocenters. The summed E-state index contributed by atoms with van der Waals surface area (Å²) >= 11 is 1.83. The molecule has 7 aromatic carbocycles. The summed E-state index contributed by atoms with van der Waals surface area (Å²) in [5.41, 5.74) is 7.04. The first kappa shape index (κ1) is 22.0. The molecule has 0 saturated heterocycles. The lowest BCUT2D eigenvalue weighted by atomic mass is 9.84. The van der Waals surface area contributed by atoms with Crippen LogP contribution in [0.4, 0.5) is 0 Å². The van der Waals surface area contributed by atoms with E-state index in [0.29, 0.717) is 0 Å². The van der Waals surface area contributed by atoms with E-state index in [1.54, 1.807) is 0 Å². The predicted molar refractivity (Wildman–Crippen MR) is 172 cm³/mol. The molecule has 9 aromatic rings. The highest BCUT2D eigenvalue weighted by Crippen LogP contribution is 2.47. The highest BCUT2D eigenvalue weighted by atomic mass is 32.1. The summed E-state index contributed by atoms with van der Waals surface area (Å²) in [5.74, 6) is 0. The number of benzene rings is 7. The number of hydrogen-bond donors (Lipinski definition) is 0. The molecule has 0 amide bonds. The van der Waals surface area contributed by atoms with Gasteiger partial charge in [-0.25, -0.2) is 0 Å². The average Bonchev–Trinajstić information content (AvgIpc) is 3.55. The fourth-order valence-corrected chi connectivity index (χ4v) is 7.73. The summed E-state index contributed by atoms with van der Waals surface area (Å²) in [6, 6.07) is 48.3. The van der Waals surface area contributed by atoms with Crippen molar-refractivity contribution in [3.8, 4) is 22.3 Å². The van der Waals surface area contributed by atoms with Crippen LogP contribution in [-0.4, -0.2) is 0 Å². The number of hydrogen-bond acceptors (Lipinski definition) is 2. The fourth-order valence-electron chi connectivity index (χ4n) is 6.53. The van der Waals surface area contributed by atoms with Crippen molar-refractivity contribution in [2.75, 3.05) is 0 Å². The molecule has 2 heterocycles. The van der Waals surface area contributed by atoms with Crippen LogP contribution in [0.25, 0.3) is 85.9 Å². The normalized spacial score (nSPS) is 12.0. The monoisotopic (exact) mass is 526 g/mol. The third kappa shape index (κ3) is 3.03. The lowest BCUT2D eigenvalue weighted by Crippen LogP contribution is -1.91. The third-order valence-corrected chi connectivity index (χ3v) is 9.43. The molecule has 40 heavy (non-hydrogen) atoms. The van der Waals surface area contributed by atoms with E-state index in [9.17, 15) is 0 Å². The van der Waals surface area contributed by atoms with Gasteiger partial charge in [-0.1, -0.05) is 109 Å². The third-order valence-electron chi connectivity index (χ3n) is 8.27. The van der Waals surface area contributed by atoms with Crippen molar-refractivity contribution < 1.29 is 4.42 Å². The number of fused-ring (bicyclic) bond motifs is 8. The molecule has 0 N–H and O–H groups in total. The van der Waals surface area contributed by atoms with Gasteiger partial charge in [-0.15, -0.1) is 11.3 Å². The predicted octanol–water partition coefficient (Wildman–Crippen LogP) is 11.6. The zero-order chi connectivity index (χ0) is 26.2. The van der Waals surface area contributed by atoms with E-state index in [0.717, 1.165) is 11.2 Å². The molecule has 0 aliphatic carbocycles. The summed E-state index contributed by atoms with van der Waals surface area (Å²) < 4.78 is 8.78. The summed E-state index contributed by atoms with van der Waals surface area (Å²) in [5, 5.41) is 10.0. The average molecular weight is 527 g/mol. The van der Waals surface area contributed by atoms with E-state index in [1.807, 2.05) is 17.4 Å². The van der Waals surface area contributed by atoms with Crippen molar-refractivity contribution in [1.82, 2.24) is 0 Å². The van der Waals surface area contributed by atoms with Crippen LogP contribution in [0, 0.1) is 0 Å². The van der Waals surface area contributed by atoms with Crippen LogP contribution in [0.2, 0.25) is 0 Å². The van der Waals surface area contributed by atoms with Gasteiger partial charge in [0, 0.05) is 15.5 Å². The van der Waals surface area contributed by atoms with Gasteiger partial charge in [-0.2, -0.15) is 0 Å². The molecule has 0 bridgehead atoms. The van der Waals surface area contributed by atoms with Crippen molar-refractivity contribution in [1.29, 1.82) is 0 Å². The maximum Gasteiger partial charge on any atom is 0.154 e. The van der Waals surface area contributed by atoms with Crippen LogP contribution in [0.1, 0.15) is 0 Å². The molecule has 0 aliphatic rings. The second kappa shape index (κ2) is 8.29. The van der Waals surface area contributed by atoms with Crippen molar-refractivity contribution in [2.24, 2.45) is 0 Å². The van der Waals surface area contributed by atoms with E-state index < -0.39 is 0 Å². The first-order valence-corrected chi connectivity index (χ1v) is 14.4. The van der Waals surface area contributed by atoms with Crippen molar-refractivity contribution in [3.63, 3.8) is 0 Å². The molecule has 0 fully saturated rings. The molecular formula is C38H22OS. The zero-order valence-corrected chi connectivity index (χ0v) is 22.3. The maximum atomic E-state index is 6.30.